The Hall–Kier alpha value is -2.04. The van der Waals surface area contributed by atoms with E-state index in [2.05, 4.69) is 0 Å². The number of aromatic hydroxyl groups is 1. The van der Waals surface area contributed by atoms with Gasteiger partial charge in [0.15, 0.2) is 0 Å². The maximum Gasteiger partial charge on any atom is 0.326 e. The van der Waals surface area contributed by atoms with Crippen molar-refractivity contribution in [1.82, 2.24) is 4.90 Å². The van der Waals surface area contributed by atoms with Crippen LogP contribution in [0.4, 0.5) is 0 Å². The van der Waals surface area contributed by atoms with Crippen LogP contribution in [0.5, 0.6) is 5.75 Å². The van der Waals surface area contributed by atoms with Gasteiger partial charge < -0.3 is 15.1 Å². The van der Waals surface area contributed by atoms with Gasteiger partial charge in [-0.3, -0.25) is 4.79 Å². The smallest absolute Gasteiger partial charge is 0.326 e. The molecule has 1 fully saturated rings. The molecule has 0 radical (unpaired) electrons. The standard InChI is InChI=1S/C13H15NO4/c15-10-4-1-3-9(7-10)8-11(13(17)18)14-6-2-5-12(14)16/h1,3-4,7,11,15H,2,5-6,8H2,(H,17,18)/t11-/m0/s1. The molecular weight excluding hydrogens is 234 g/mol. The number of nitrogens with zero attached hydrogens (tertiary/aromatic N) is 1. The maximum absolute atomic E-state index is 11.6. The van der Waals surface area contributed by atoms with E-state index in [0.717, 1.165) is 0 Å². The first kappa shape index (κ1) is 12.4. The Labute approximate surface area is 105 Å². The predicted octanol–water partition coefficient (Wildman–Crippen LogP) is 1.01. The van der Waals surface area contributed by atoms with Crippen LogP contribution >= 0.6 is 0 Å². The van der Waals surface area contributed by atoms with Gasteiger partial charge >= 0.3 is 5.97 Å². The van der Waals surface area contributed by atoms with E-state index in [4.69, 9.17) is 0 Å². The van der Waals surface area contributed by atoms with Crippen molar-refractivity contribution in [2.75, 3.05) is 6.54 Å². The molecule has 0 aliphatic carbocycles. The zero-order valence-corrected chi connectivity index (χ0v) is 9.87. The highest BCUT2D eigenvalue weighted by Gasteiger charge is 2.32. The molecule has 2 N–H and O–H groups in total. The molecule has 1 heterocycles. The number of phenolic OH excluding ortho intramolecular Hbond substituents is 1. The fourth-order valence-corrected chi connectivity index (χ4v) is 2.24. The van der Waals surface area contributed by atoms with Crippen LogP contribution in [0, 0.1) is 0 Å². The summed E-state index contributed by atoms with van der Waals surface area (Å²) < 4.78 is 0. The van der Waals surface area contributed by atoms with Crippen molar-refractivity contribution in [3.63, 3.8) is 0 Å². The Morgan fingerprint density at radius 2 is 2.22 bits per heavy atom. The molecule has 0 aromatic heterocycles. The monoisotopic (exact) mass is 249 g/mol. The van der Waals surface area contributed by atoms with E-state index in [-0.39, 0.29) is 18.1 Å². The normalized spacial score (nSPS) is 16.9. The number of likely N-dealkylation sites (tertiary alicyclic amines) is 1. The molecule has 18 heavy (non-hydrogen) atoms. The number of aliphatic carboxylic acids is 1. The highest BCUT2D eigenvalue weighted by Crippen LogP contribution is 2.19. The highest BCUT2D eigenvalue weighted by atomic mass is 16.4. The number of hydrogen-bond donors (Lipinski definition) is 2. The zero-order chi connectivity index (χ0) is 13.1. The minimum Gasteiger partial charge on any atom is -0.508 e. The van der Waals surface area contributed by atoms with Crippen molar-refractivity contribution in [2.45, 2.75) is 25.3 Å². The van der Waals surface area contributed by atoms with Gasteiger partial charge in [-0.25, -0.2) is 4.79 Å². The lowest BCUT2D eigenvalue weighted by Crippen LogP contribution is -2.43. The van der Waals surface area contributed by atoms with Crippen LogP contribution in [0.25, 0.3) is 0 Å². The van der Waals surface area contributed by atoms with Gasteiger partial charge in [0.2, 0.25) is 5.91 Å². The summed E-state index contributed by atoms with van der Waals surface area (Å²) in [6.07, 6.45) is 1.35. The lowest BCUT2D eigenvalue weighted by Gasteiger charge is -2.24. The van der Waals surface area contributed by atoms with Gasteiger partial charge in [0, 0.05) is 19.4 Å². The summed E-state index contributed by atoms with van der Waals surface area (Å²) in [5.41, 5.74) is 0.710. The Kier molecular flexibility index (Phi) is 3.50. The largest absolute Gasteiger partial charge is 0.508 e. The van der Waals surface area contributed by atoms with Gasteiger partial charge in [0.25, 0.3) is 0 Å². The predicted molar refractivity (Wildman–Crippen MR) is 64.2 cm³/mol. The quantitative estimate of drug-likeness (QED) is 0.834. The molecule has 0 unspecified atom stereocenters. The third-order valence-electron chi connectivity index (χ3n) is 3.11. The number of phenols is 1. The second-order valence-electron chi connectivity index (χ2n) is 4.42. The molecule has 1 saturated heterocycles. The second-order valence-corrected chi connectivity index (χ2v) is 4.42. The topological polar surface area (TPSA) is 77.8 Å². The third kappa shape index (κ3) is 2.61. The number of carboxylic acid groups (broad SMARTS) is 1. The molecule has 96 valence electrons. The minimum atomic E-state index is -1.01. The summed E-state index contributed by atoms with van der Waals surface area (Å²) >= 11 is 0. The second kappa shape index (κ2) is 5.08. The van der Waals surface area contributed by atoms with Crippen LogP contribution in [0.3, 0.4) is 0 Å². The molecule has 0 spiro atoms. The fourth-order valence-electron chi connectivity index (χ4n) is 2.24. The van der Waals surface area contributed by atoms with Gasteiger partial charge in [-0.05, 0) is 24.1 Å². The van der Waals surface area contributed by atoms with Crippen molar-refractivity contribution < 1.29 is 19.8 Å². The fraction of sp³-hybridized carbons (Fsp3) is 0.385. The summed E-state index contributed by atoms with van der Waals surface area (Å²) in [6.45, 7) is 0.495. The summed E-state index contributed by atoms with van der Waals surface area (Å²) in [4.78, 5) is 24.3. The molecular formula is C13H15NO4. The Bertz CT molecular complexity index is 472. The molecule has 5 nitrogen and oxygen atoms in total. The molecule has 1 aliphatic rings. The highest BCUT2D eigenvalue weighted by molar-refractivity contribution is 5.85. The van der Waals surface area contributed by atoms with Gasteiger partial charge in [0.05, 0.1) is 0 Å². The molecule has 2 rings (SSSR count). The van der Waals surface area contributed by atoms with E-state index >= 15 is 0 Å². The Morgan fingerprint density at radius 3 is 2.78 bits per heavy atom. The van der Waals surface area contributed by atoms with Gasteiger partial charge in [0.1, 0.15) is 11.8 Å². The number of rotatable bonds is 4. The van der Waals surface area contributed by atoms with Gasteiger partial charge in [-0.1, -0.05) is 12.1 Å². The number of carbonyl (C=O) groups is 2. The maximum atomic E-state index is 11.6. The summed E-state index contributed by atoms with van der Waals surface area (Å²) in [5.74, 6) is -1.01. The van der Waals surface area contributed by atoms with Crippen molar-refractivity contribution in [3.8, 4) is 5.75 Å². The van der Waals surface area contributed by atoms with Crippen LogP contribution in [0.15, 0.2) is 24.3 Å². The van der Waals surface area contributed by atoms with Crippen LogP contribution in [0.1, 0.15) is 18.4 Å². The van der Waals surface area contributed by atoms with Gasteiger partial charge in [-0.15, -0.1) is 0 Å². The SMILES string of the molecule is O=C(O)[C@H](Cc1cccc(O)c1)N1CCCC1=O. The Morgan fingerprint density at radius 1 is 1.44 bits per heavy atom. The molecule has 0 saturated carbocycles. The number of hydrogen-bond acceptors (Lipinski definition) is 3. The molecule has 1 aromatic carbocycles. The summed E-state index contributed by atoms with van der Waals surface area (Å²) in [7, 11) is 0. The van der Waals surface area contributed by atoms with Crippen molar-refractivity contribution >= 4 is 11.9 Å². The van der Waals surface area contributed by atoms with E-state index in [1.54, 1.807) is 12.1 Å². The van der Waals surface area contributed by atoms with Crippen molar-refractivity contribution in [1.29, 1.82) is 0 Å². The number of amides is 1. The average molecular weight is 249 g/mol. The molecule has 1 aliphatic heterocycles. The lowest BCUT2D eigenvalue weighted by molar-refractivity contribution is -0.148. The van der Waals surface area contributed by atoms with Crippen LogP contribution in [-0.4, -0.2) is 39.6 Å². The van der Waals surface area contributed by atoms with E-state index in [1.807, 2.05) is 0 Å². The van der Waals surface area contributed by atoms with Crippen molar-refractivity contribution in [3.05, 3.63) is 29.8 Å². The first-order valence-electron chi connectivity index (χ1n) is 5.88. The molecule has 1 amide bonds. The van der Waals surface area contributed by atoms with E-state index in [9.17, 15) is 19.8 Å². The molecule has 5 heteroatoms. The van der Waals surface area contributed by atoms with Crippen LogP contribution < -0.4 is 0 Å². The molecule has 0 bridgehead atoms. The van der Waals surface area contributed by atoms with E-state index in [1.165, 1.54) is 17.0 Å². The Balaban J connectivity index is 2.16. The van der Waals surface area contributed by atoms with E-state index < -0.39 is 12.0 Å². The number of carboxylic acids is 1. The average Bonchev–Trinajstić information content (AvgIpc) is 2.72. The molecule has 1 aromatic rings. The lowest BCUT2D eigenvalue weighted by atomic mass is 10.0. The van der Waals surface area contributed by atoms with Crippen LogP contribution in [0.2, 0.25) is 0 Å². The van der Waals surface area contributed by atoms with Gasteiger partial charge in [-0.2, -0.15) is 0 Å². The van der Waals surface area contributed by atoms with Crippen LogP contribution in [-0.2, 0) is 16.0 Å². The zero-order valence-electron chi connectivity index (χ0n) is 9.87. The summed E-state index contributed by atoms with van der Waals surface area (Å²) in [6, 6.07) is 5.62. The minimum absolute atomic E-state index is 0.101. The number of carbonyl (C=O) groups excluding carboxylic acids is 1. The first-order chi connectivity index (χ1) is 8.58. The summed E-state index contributed by atoms with van der Waals surface area (Å²) in [5, 5.41) is 18.6. The molecule has 1 atom stereocenters. The number of benzene rings is 1. The third-order valence-corrected chi connectivity index (χ3v) is 3.11. The van der Waals surface area contributed by atoms with Crippen molar-refractivity contribution in [2.24, 2.45) is 0 Å². The van der Waals surface area contributed by atoms with E-state index in [0.29, 0.717) is 24.9 Å². The first-order valence-corrected chi connectivity index (χ1v) is 5.88.